The molecule has 1 aromatic heterocycles. The third-order valence-corrected chi connectivity index (χ3v) is 4.69. The molecule has 3 rings (SSSR count). The first-order valence-corrected chi connectivity index (χ1v) is 7.18. The molecule has 0 saturated carbocycles. The molecule has 1 N–H and O–H groups in total. The first-order chi connectivity index (χ1) is 8.76. The Morgan fingerprint density at radius 1 is 1.33 bits per heavy atom. The van der Waals surface area contributed by atoms with E-state index in [1.165, 1.54) is 37.9 Å². The van der Waals surface area contributed by atoms with Crippen molar-refractivity contribution >= 4 is 0 Å². The number of hydrogen-bond acceptors (Lipinski definition) is 3. The number of rotatable bonds is 4. The Kier molecular flexibility index (Phi) is 3.39. The summed E-state index contributed by atoms with van der Waals surface area (Å²) in [5.74, 6) is 0. The van der Waals surface area contributed by atoms with E-state index in [4.69, 9.17) is 0 Å². The molecule has 2 atom stereocenters. The summed E-state index contributed by atoms with van der Waals surface area (Å²) in [6.45, 7) is 1.18. The number of fused-ring (bicyclic) bond motifs is 2. The number of piperidine rings is 1. The average molecular weight is 248 g/mol. The van der Waals surface area contributed by atoms with Crippen molar-refractivity contribution in [1.29, 1.82) is 0 Å². The highest BCUT2D eigenvalue weighted by molar-refractivity contribution is 5.02. The molecule has 2 aliphatic rings. The molecule has 100 valence electrons. The molecule has 0 radical (unpaired) electrons. The predicted octanol–water partition coefficient (Wildman–Crippen LogP) is 1.18. The number of nitrogens with zero attached hydrogens (tertiary/aromatic N) is 3. The fourth-order valence-electron chi connectivity index (χ4n) is 3.72. The number of nitrogens with one attached hydrogen (secondary N) is 1. The first-order valence-electron chi connectivity index (χ1n) is 7.18. The standard InChI is InChI=1S/C14H24N4/c1-15-12-9-13-3-4-14(10-12)18(13)8-6-11-5-7-17(2)16-11/h5,7,12-15H,3-4,6,8-10H2,1-2H3. The minimum absolute atomic E-state index is 0.744. The van der Waals surface area contributed by atoms with E-state index in [9.17, 15) is 0 Å². The first kappa shape index (κ1) is 12.2. The van der Waals surface area contributed by atoms with Crippen LogP contribution in [-0.2, 0) is 13.5 Å². The Morgan fingerprint density at radius 2 is 2.06 bits per heavy atom. The molecule has 2 fully saturated rings. The van der Waals surface area contributed by atoms with Crippen molar-refractivity contribution in [2.75, 3.05) is 13.6 Å². The number of hydrogen-bond donors (Lipinski definition) is 1. The smallest absolute Gasteiger partial charge is 0.0637 e. The SMILES string of the molecule is CNC1CC2CCC(C1)N2CCc1ccn(C)n1. The summed E-state index contributed by atoms with van der Waals surface area (Å²) in [5.41, 5.74) is 1.23. The molecule has 3 heterocycles. The van der Waals surface area contributed by atoms with Gasteiger partial charge >= 0.3 is 0 Å². The van der Waals surface area contributed by atoms with E-state index < -0.39 is 0 Å². The van der Waals surface area contributed by atoms with Gasteiger partial charge in [-0.05, 0) is 38.8 Å². The molecule has 18 heavy (non-hydrogen) atoms. The molecular weight excluding hydrogens is 224 g/mol. The van der Waals surface area contributed by atoms with Gasteiger partial charge in [0.2, 0.25) is 0 Å². The van der Waals surface area contributed by atoms with Crippen LogP contribution < -0.4 is 5.32 Å². The van der Waals surface area contributed by atoms with Crippen LogP contribution in [0.15, 0.2) is 12.3 Å². The van der Waals surface area contributed by atoms with Gasteiger partial charge in [-0.3, -0.25) is 9.58 Å². The molecule has 0 aromatic carbocycles. The lowest BCUT2D eigenvalue weighted by Gasteiger charge is -2.38. The molecule has 2 aliphatic heterocycles. The van der Waals surface area contributed by atoms with Crippen LogP contribution in [-0.4, -0.2) is 46.4 Å². The minimum atomic E-state index is 0.744. The summed E-state index contributed by atoms with van der Waals surface area (Å²) in [4.78, 5) is 2.74. The second-order valence-corrected chi connectivity index (χ2v) is 5.81. The second kappa shape index (κ2) is 5.02. The van der Waals surface area contributed by atoms with E-state index in [2.05, 4.69) is 28.4 Å². The van der Waals surface area contributed by atoms with E-state index in [0.29, 0.717) is 0 Å². The molecule has 4 nitrogen and oxygen atoms in total. The van der Waals surface area contributed by atoms with E-state index in [1.54, 1.807) is 0 Å². The maximum Gasteiger partial charge on any atom is 0.0637 e. The van der Waals surface area contributed by atoms with Gasteiger partial charge in [-0.15, -0.1) is 0 Å². The molecule has 1 aromatic rings. The Labute approximate surface area is 109 Å². The van der Waals surface area contributed by atoms with Crippen LogP contribution in [0, 0.1) is 0 Å². The molecular formula is C14H24N4. The Balaban J connectivity index is 1.58. The summed E-state index contributed by atoms with van der Waals surface area (Å²) >= 11 is 0. The zero-order chi connectivity index (χ0) is 12.5. The summed E-state index contributed by atoms with van der Waals surface area (Å²) in [7, 11) is 4.10. The predicted molar refractivity (Wildman–Crippen MR) is 72.5 cm³/mol. The minimum Gasteiger partial charge on any atom is -0.317 e. The van der Waals surface area contributed by atoms with Crippen LogP contribution in [0.5, 0.6) is 0 Å². The van der Waals surface area contributed by atoms with Crippen LogP contribution in [0.2, 0.25) is 0 Å². The Bertz CT molecular complexity index is 386. The van der Waals surface area contributed by atoms with Crippen LogP contribution >= 0.6 is 0 Å². The molecule has 0 spiro atoms. The highest BCUT2D eigenvalue weighted by Crippen LogP contribution is 2.35. The molecule has 0 amide bonds. The zero-order valence-electron chi connectivity index (χ0n) is 11.5. The van der Waals surface area contributed by atoms with Crippen molar-refractivity contribution in [1.82, 2.24) is 20.0 Å². The van der Waals surface area contributed by atoms with E-state index >= 15 is 0 Å². The third-order valence-electron chi connectivity index (χ3n) is 4.69. The van der Waals surface area contributed by atoms with Gasteiger partial charge in [-0.2, -0.15) is 5.10 Å². The topological polar surface area (TPSA) is 33.1 Å². The zero-order valence-corrected chi connectivity index (χ0v) is 11.5. The fourth-order valence-corrected chi connectivity index (χ4v) is 3.72. The van der Waals surface area contributed by atoms with Crippen LogP contribution in [0.25, 0.3) is 0 Å². The highest BCUT2D eigenvalue weighted by Gasteiger charge is 2.39. The normalized spacial score (nSPS) is 32.0. The van der Waals surface area contributed by atoms with Crippen LogP contribution in [0.3, 0.4) is 0 Å². The van der Waals surface area contributed by atoms with Gasteiger partial charge in [0, 0.05) is 44.3 Å². The molecule has 4 heteroatoms. The van der Waals surface area contributed by atoms with Gasteiger partial charge in [0.25, 0.3) is 0 Å². The monoisotopic (exact) mass is 248 g/mol. The van der Waals surface area contributed by atoms with Crippen molar-refractivity contribution in [2.45, 2.75) is 50.2 Å². The second-order valence-electron chi connectivity index (χ2n) is 5.81. The molecule has 2 unspecified atom stereocenters. The Hall–Kier alpha value is -0.870. The van der Waals surface area contributed by atoms with Crippen molar-refractivity contribution in [3.05, 3.63) is 18.0 Å². The van der Waals surface area contributed by atoms with Crippen molar-refractivity contribution in [2.24, 2.45) is 7.05 Å². The molecule has 0 aliphatic carbocycles. The largest absolute Gasteiger partial charge is 0.317 e. The van der Waals surface area contributed by atoms with Gasteiger partial charge in [-0.25, -0.2) is 0 Å². The van der Waals surface area contributed by atoms with E-state index in [-0.39, 0.29) is 0 Å². The van der Waals surface area contributed by atoms with Gasteiger partial charge in [0.05, 0.1) is 5.69 Å². The summed E-state index contributed by atoms with van der Waals surface area (Å²) in [6, 6.07) is 4.51. The maximum atomic E-state index is 4.47. The summed E-state index contributed by atoms with van der Waals surface area (Å²) in [6.07, 6.45) is 8.58. The fraction of sp³-hybridized carbons (Fsp3) is 0.786. The van der Waals surface area contributed by atoms with Gasteiger partial charge in [-0.1, -0.05) is 0 Å². The summed E-state index contributed by atoms with van der Waals surface area (Å²) in [5, 5.41) is 7.93. The third kappa shape index (κ3) is 2.31. The maximum absolute atomic E-state index is 4.47. The Morgan fingerprint density at radius 3 is 2.61 bits per heavy atom. The number of aromatic nitrogens is 2. The quantitative estimate of drug-likeness (QED) is 0.868. The van der Waals surface area contributed by atoms with Crippen LogP contribution in [0.4, 0.5) is 0 Å². The van der Waals surface area contributed by atoms with Crippen molar-refractivity contribution < 1.29 is 0 Å². The lowest BCUT2D eigenvalue weighted by Crippen LogP contribution is -2.48. The van der Waals surface area contributed by atoms with E-state index in [1.807, 2.05) is 17.9 Å². The van der Waals surface area contributed by atoms with E-state index in [0.717, 1.165) is 24.5 Å². The van der Waals surface area contributed by atoms with Gasteiger partial charge in [0.1, 0.15) is 0 Å². The highest BCUT2D eigenvalue weighted by atomic mass is 15.3. The molecule has 2 bridgehead atoms. The lowest BCUT2D eigenvalue weighted by molar-refractivity contribution is 0.120. The molecule has 2 saturated heterocycles. The van der Waals surface area contributed by atoms with Gasteiger partial charge in [0.15, 0.2) is 0 Å². The lowest BCUT2D eigenvalue weighted by atomic mass is 9.97. The van der Waals surface area contributed by atoms with Gasteiger partial charge < -0.3 is 5.32 Å². The summed E-state index contributed by atoms with van der Waals surface area (Å²) < 4.78 is 1.90. The van der Waals surface area contributed by atoms with Crippen molar-refractivity contribution in [3.8, 4) is 0 Å². The number of aryl methyl sites for hydroxylation is 1. The van der Waals surface area contributed by atoms with Crippen molar-refractivity contribution in [3.63, 3.8) is 0 Å². The van der Waals surface area contributed by atoms with Crippen LogP contribution in [0.1, 0.15) is 31.4 Å². The average Bonchev–Trinajstić information content (AvgIpc) is 2.87.